The molecule has 0 amide bonds. The molecule has 2 N–H and O–H groups in total. The third kappa shape index (κ3) is 2.42. The second-order valence-corrected chi connectivity index (χ2v) is 5.90. The van der Waals surface area contributed by atoms with Crippen molar-refractivity contribution in [2.45, 2.75) is 12.5 Å². The van der Waals surface area contributed by atoms with Crippen LogP contribution < -0.4 is 10.6 Å². The molecule has 0 spiro atoms. The smallest absolute Gasteiger partial charge is 0.0600 e. The molecular formula is C11H15BrN2S. The highest BCUT2D eigenvalue weighted by Crippen LogP contribution is 2.31. The van der Waals surface area contributed by atoms with E-state index in [0.717, 1.165) is 15.8 Å². The Bertz CT molecular complexity index is 350. The molecule has 15 heavy (non-hydrogen) atoms. The van der Waals surface area contributed by atoms with Crippen molar-refractivity contribution in [1.82, 2.24) is 0 Å². The van der Waals surface area contributed by atoms with Gasteiger partial charge in [-0.25, -0.2) is 0 Å². The monoisotopic (exact) mass is 286 g/mol. The molecule has 0 radical (unpaired) electrons. The molecule has 0 aromatic heterocycles. The van der Waals surface area contributed by atoms with Crippen LogP contribution in [-0.4, -0.2) is 24.6 Å². The Hall–Kier alpha value is -0.350. The number of thioether (sulfide) groups is 1. The van der Waals surface area contributed by atoms with Crippen molar-refractivity contribution in [2.24, 2.45) is 0 Å². The predicted octanol–water partition coefficient (Wildman–Crippen LogP) is 2.97. The highest BCUT2D eigenvalue weighted by atomic mass is 79.9. The molecule has 0 saturated carbocycles. The average Bonchev–Trinajstić information content (AvgIpc) is 2.69. The fourth-order valence-corrected chi connectivity index (χ4v) is 3.52. The Labute approximate surface area is 103 Å². The fourth-order valence-electron chi connectivity index (χ4n) is 1.87. The summed E-state index contributed by atoms with van der Waals surface area (Å²) in [7, 11) is 2.14. The van der Waals surface area contributed by atoms with E-state index in [4.69, 9.17) is 5.73 Å². The van der Waals surface area contributed by atoms with Crippen molar-refractivity contribution in [3.05, 3.63) is 22.7 Å². The number of halogens is 1. The largest absolute Gasteiger partial charge is 0.397 e. The third-order valence-electron chi connectivity index (χ3n) is 2.82. The molecule has 1 aromatic carbocycles. The number of nitrogen functional groups attached to an aromatic ring is 1. The lowest BCUT2D eigenvalue weighted by Crippen LogP contribution is -2.31. The first-order chi connectivity index (χ1) is 7.18. The van der Waals surface area contributed by atoms with Gasteiger partial charge in [-0.05, 0) is 30.4 Å². The number of anilines is 2. The fraction of sp³-hybridized carbons (Fsp3) is 0.455. The zero-order valence-electron chi connectivity index (χ0n) is 8.74. The summed E-state index contributed by atoms with van der Waals surface area (Å²) in [6.07, 6.45) is 1.26. The molecular weight excluding hydrogens is 272 g/mol. The van der Waals surface area contributed by atoms with E-state index in [1.54, 1.807) is 0 Å². The summed E-state index contributed by atoms with van der Waals surface area (Å²) < 4.78 is 1.04. The average molecular weight is 287 g/mol. The zero-order chi connectivity index (χ0) is 10.8. The minimum atomic E-state index is 0.637. The van der Waals surface area contributed by atoms with E-state index >= 15 is 0 Å². The summed E-state index contributed by atoms with van der Waals surface area (Å²) in [5.41, 5.74) is 8.01. The highest BCUT2D eigenvalue weighted by Gasteiger charge is 2.21. The van der Waals surface area contributed by atoms with Gasteiger partial charge in [0.1, 0.15) is 0 Å². The summed E-state index contributed by atoms with van der Waals surface area (Å²) in [4.78, 5) is 2.31. The molecule has 82 valence electrons. The standard InChI is InChI=1S/C11H15BrN2S/c1-14(9-4-5-15-7-9)11-3-2-8(12)6-10(11)13/h2-3,6,9H,4-5,7,13H2,1H3. The van der Waals surface area contributed by atoms with E-state index in [1.165, 1.54) is 17.9 Å². The van der Waals surface area contributed by atoms with Gasteiger partial charge >= 0.3 is 0 Å². The van der Waals surface area contributed by atoms with Crippen molar-refractivity contribution < 1.29 is 0 Å². The number of nitrogens with zero attached hydrogens (tertiary/aromatic N) is 1. The van der Waals surface area contributed by atoms with Crippen molar-refractivity contribution in [1.29, 1.82) is 0 Å². The molecule has 1 atom stereocenters. The number of nitrogens with two attached hydrogens (primary N) is 1. The van der Waals surface area contributed by atoms with Gasteiger partial charge in [0.2, 0.25) is 0 Å². The van der Waals surface area contributed by atoms with Crippen LogP contribution in [0.3, 0.4) is 0 Å². The summed E-state index contributed by atoms with van der Waals surface area (Å²) in [6, 6.07) is 6.74. The van der Waals surface area contributed by atoms with E-state index in [-0.39, 0.29) is 0 Å². The maximum Gasteiger partial charge on any atom is 0.0600 e. The van der Waals surface area contributed by atoms with E-state index in [9.17, 15) is 0 Å². The van der Waals surface area contributed by atoms with Crippen LogP contribution in [0.15, 0.2) is 22.7 Å². The Kier molecular flexibility index (Phi) is 3.46. The van der Waals surface area contributed by atoms with Crippen LogP contribution in [0.2, 0.25) is 0 Å². The Morgan fingerprint density at radius 1 is 1.53 bits per heavy atom. The minimum Gasteiger partial charge on any atom is -0.397 e. The van der Waals surface area contributed by atoms with E-state index in [1.807, 2.05) is 23.9 Å². The second kappa shape index (κ2) is 4.66. The highest BCUT2D eigenvalue weighted by molar-refractivity contribution is 9.10. The van der Waals surface area contributed by atoms with E-state index in [2.05, 4.69) is 33.9 Å². The number of hydrogen-bond donors (Lipinski definition) is 1. The van der Waals surface area contributed by atoms with Crippen LogP contribution in [0.1, 0.15) is 6.42 Å². The second-order valence-electron chi connectivity index (χ2n) is 3.83. The third-order valence-corrected chi connectivity index (χ3v) is 4.46. The first-order valence-corrected chi connectivity index (χ1v) is 6.99. The quantitative estimate of drug-likeness (QED) is 0.848. The minimum absolute atomic E-state index is 0.637. The van der Waals surface area contributed by atoms with Crippen LogP contribution >= 0.6 is 27.7 Å². The molecule has 1 aliphatic rings. The number of benzene rings is 1. The van der Waals surface area contributed by atoms with Crippen molar-refractivity contribution in [3.63, 3.8) is 0 Å². The lowest BCUT2D eigenvalue weighted by Gasteiger charge is -2.27. The topological polar surface area (TPSA) is 29.3 Å². The predicted molar refractivity (Wildman–Crippen MR) is 72.7 cm³/mol. The molecule has 1 fully saturated rings. The maximum absolute atomic E-state index is 6.01. The number of hydrogen-bond acceptors (Lipinski definition) is 3. The van der Waals surface area contributed by atoms with Crippen LogP contribution in [0, 0.1) is 0 Å². The Morgan fingerprint density at radius 2 is 2.33 bits per heavy atom. The van der Waals surface area contributed by atoms with Crippen molar-refractivity contribution >= 4 is 39.1 Å². The van der Waals surface area contributed by atoms with E-state index in [0.29, 0.717) is 6.04 Å². The molecule has 0 bridgehead atoms. The van der Waals surface area contributed by atoms with Crippen molar-refractivity contribution in [2.75, 3.05) is 29.2 Å². The molecule has 2 nitrogen and oxygen atoms in total. The van der Waals surface area contributed by atoms with Gasteiger partial charge in [-0.3, -0.25) is 0 Å². The van der Waals surface area contributed by atoms with Gasteiger partial charge in [0, 0.05) is 23.3 Å². The Morgan fingerprint density at radius 3 is 2.93 bits per heavy atom. The molecule has 2 rings (SSSR count). The molecule has 1 saturated heterocycles. The van der Waals surface area contributed by atoms with Gasteiger partial charge in [0.15, 0.2) is 0 Å². The molecule has 0 aliphatic carbocycles. The Balaban J connectivity index is 2.20. The lowest BCUT2D eigenvalue weighted by atomic mass is 10.2. The molecule has 1 aliphatic heterocycles. The van der Waals surface area contributed by atoms with Crippen LogP contribution in [0.5, 0.6) is 0 Å². The van der Waals surface area contributed by atoms with Crippen molar-refractivity contribution in [3.8, 4) is 0 Å². The maximum atomic E-state index is 6.01. The molecule has 4 heteroatoms. The summed E-state index contributed by atoms with van der Waals surface area (Å²) >= 11 is 5.45. The van der Waals surface area contributed by atoms with Gasteiger partial charge < -0.3 is 10.6 Å². The molecule has 1 unspecified atom stereocenters. The van der Waals surface area contributed by atoms with Crippen LogP contribution in [-0.2, 0) is 0 Å². The molecule has 1 heterocycles. The molecule has 1 aromatic rings. The lowest BCUT2D eigenvalue weighted by molar-refractivity contribution is 0.701. The number of rotatable bonds is 2. The van der Waals surface area contributed by atoms with Crippen LogP contribution in [0.4, 0.5) is 11.4 Å². The normalized spacial score (nSPS) is 20.5. The SMILES string of the molecule is CN(c1ccc(Br)cc1N)C1CCSC1. The summed E-state index contributed by atoms with van der Waals surface area (Å²) in [5, 5.41) is 0. The van der Waals surface area contributed by atoms with E-state index < -0.39 is 0 Å². The summed E-state index contributed by atoms with van der Waals surface area (Å²) in [5.74, 6) is 2.48. The zero-order valence-corrected chi connectivity index (χ0v) is 11.1. The first kappa shape index (κ1) is 11.1. The van der Waals surface area contributed by atoms with Gasteiger partial charge in [-0.1, -0.05) is 15.9 Å². The van der Waals surface area contributed by atoms with Gasteiger partial charge in [-0.15, -0.1) is 0 Å². The van der Waals surface area contributed by atoms with Crippen LogP contribution in [0.25, 0.3) is 0 Å². The van der Waals surface area contributed by atoms with Gasteiger partial charge in [-0.2, -0.15) is 11.8 Å². The van der Waals surface area contributed by atoms with Gasteiger partial charge in [0.25, 0.3) is 0 Å². The first-order valence-electron chi connectivity index (χ1n) is 5.04. The van der Waals surface area contributed by atoms with Gasteiger partial charge in [0.05, 0.1) is 11.4 Å². The summed E-state index contributed by atoms with van der Waals surface area (Å²) in [6.45, 7) is 0.